The number of rotatable bonds is 7. The van der Waals surface area contributed by atoms with Gasteiger partial charge in [0.15, 0.2) is 5.96 Å². The first kappa shape index (κ1) is 23.0. The molecule has 0 aliphatic heterocycles. The molecule has 3 N–H and O–H groups in total. The van der Waals surface area contributed by atoms with Crippen LogP contribution < -0.4 is 16.0 Å². The second-order valence-corrected chi connectivity index (χ2v) is 6.00. The number of carbonyl (C=O) groups is 1. The molecule has 136 valence electrons. The Balaban J connectivity index is 0.00000529. The molecule has 0 saturated heterocycles. The van der Waals surface area contributed by atoms with Crippen LogP contribution >= 0.6 is 35.6 Å². The molecule has 0 heterocycles. The van der Waals surface area contributed by atoms with E-state index in [-0.39, 0.29) is 41.8 Å². The van der Waals surface area contributed by atoms with Gasteiger partial charge in [0.25, 0.3) is 0 Å². The van der Waals surface area contributed by atoms with Gasteiger partial charge in [-0.1, -0.05) is 43.6 Å². The van der Waals surface area contributed by atoms with Gasteiger partial charge in [0.05, 0.1) is 12.6 Å². The fourth-order valence-corrected chi connectivity index (χ4v) is 2.28. The number of aliphatic imine (C=N–C) groups is 1. The van der Waals surface area contributed by atoms with Crippen LogP contribution in [0.3, 0.4) is 0 Å². The van der Waals surface area contributed by atoms with E-state index in [4.69, 9.17) is 11.6 Å². The highest BCUT2D eigenvalue weighted by molar-refractivity contribution is 14.0. The summed E-state index contributed by atoms with van der Waals surface area (Å²) >= 11 is 6.22. The highest BCUT2D eigenvalue weighted by Crippen LogP contribution is 2.21. The van der Waals surface area contributed by atoms with E-state index in [0.29, 0.717) is 19.0 Å². The molecule has 0 bridgehead atoms. The second-order valence-electron chi connectivity index (χ2n) is 5.59. The fourth-order valence-electron chi connectivity index (χ4n) is 1.98. The lowest BCUT2D eigenvalue weighted by Crippen LogP contribution is -2.39. The van der Waals surface area contributed by atoms with Crippen LogP contribution in [0.15, 0.2) is 29.3 Å². The third-order valence-electron chi connectivity index (χ3n) is 3.27. The molecule has 7 heteroatoms. The maximum Gasteiger partial charge on any atom is 0.222 e. The number of hydrogen-bond acceptors (Lipinski definition) is 2. The highest BCUT2D eigenvalue weighted by Gasteiger charge is 2.10. The number of hydrogen-bond donors (Lipinski definition) is 3. The van der Waals surface area contributed by atoms with E-state index in [2.05, 4.69) is 20.9 Å². The number of nitrogens with zero attached hydrogens (tertiary/aromatic N) is 1. The standard InChI is InChI=1S/C17H27ClN4O.HI/c1-5-19-17(21-11-10-20-16(23)12(2)3)22-13(4)14-8-6-7-9-15(14)18;/h6-9,12-13H,5,10-11H2,1-4H3,(H,20,23)(H2,19,21,22);1H. The molecule has 24 heavy (non-hydrogen) atoms. The van der Waals surface area contributed by atoms with Crippen LogP contribution in [-0.2, 0) is 4.79 Å². The lowest BCUT2D eigenvalue weighted by molar-refractivity contribution is -0.123. The maximum atomic E-state index is 11.5. The average Bonchev–Trinajstić information content (AvgIpc) is 2.51. The molecule has 0 saturated carbocycles. The minimum atomic E-state index is -0.00872. The van der Waals surface area contributed by atoms with E-state index in [9.17, 15) is 4.79 Å². The summed E-state index contributed by atoms with van der Waals surface area (Å²) in [5, 5.41) is 10.1. The van der Waals surface area contributed by atoms with Gasteiger partial charge in [-0.2, -0.15) is 0 Å². The summed E-state index contributed by atoms with van der Waals surface area (Å²) < 4.78 is 0. The Bertz CT molecular complexity index is 537. The minimum Gasteiger partial charge on any atom is -0.357 e. The third kappa shape index (κ3) is 8.19. The van der Waals surface area contributed by atoms with E-state index >= 15 is 0 Å². The Morgan fingerprint density at radius 1 is 1.21 bits per heavy atom. The number of nitrogens with one attached hydrogen (secondary N) is 3. The average molecular weight is 467 g/mol. The van der Waals surface area contributed by atoms with Crippen molar-refractivity contribution < 1.29 is 4.79 Å². The first-order chi connectivity index (χ1) is 11.0. The summed E-state index contributed by atoms with van der Waals surface area (Å²) in [4.78, 5) is 16.0. The highest BCUT2D eigenvalue weighted by atomic mass is 127. The van der Waals surface area contributed by atoms with E-state index in [1.807, 2.05) is 52.0 Å². The van der Waals surface area contributed by atoms with Crippen LogP contribution in [0.25, 0.3) is 0 Å². The fraction of sp³-hybridized carbons (Fsp3) is 0.529. The van der Waals surface area contributed by atoms with Gasteiger partial charge in [0.1, 0.15) is 0 Å². The van der Waals surface area contributed by atoms with Gasteiger partial charge in [0.2, 0.25) is 5.91 Å². The van der Waals surface area contributed by atoms with Gasteiger partial charge in [-0.05, 0) is 25.5 Å². The van der Waals surface area contributed by atoms with Crippen molar-refractivity contribution in [2.45, 2.75) is 33.7 Å². The molecule has 1 aromatic rings. The topological polar surface area (TPSA) is 65.5 Å². The Labute approximate surface area is 167 Å². The van der Waals surface area contributed by atoms with Crippen molar-refractivity contribution in [2.75, 3.05) is 19.6 Å². The monoisotopic (exact) mass is 466 g/mol. The van der Waals surface area contributed by atoms with E-state index < -0.39 is 0 Å². The lowest BCUT2D eigenvalue weighted by atomic mass is 10.1. The van der Waals surface area contributed by atoms with Crippen molar-refractivity contribution in [3.63, 3.8) is 0 Å². The number of benzene rings is 1. The normalized spacial score (nSPS) is 12.3. The van der Waals surface area contributed by atoms with Gasteiger partial charge < -0.3 is 16.0 Å². The predicted octanol–water partition coefficient (Wildman–Crippen LogP) is 3.35. The van der Waals surface area contributed by atoms with Crippen molar-refractivity contribution in [3.05, 3.63) is 34.9 Å². The molecule has 0 aromatic heterocycles. The SMILES string of the molecule is CCNC(=NCCNC(=O)C(C)C)NC(C)c1ccccc1Cl.I. The van der Waals surface area contributed by atoms with Crippen molar-refractivity contribution in [3.8, 4) is 0 Å². The van der Waals surface area contributed by atoms with Gasteiger partial charge in [-0.25, -0.2) is 0 Å². The predicted molar refractivity (Wildman–Crippen MR) is 112 cm³/mol. The van der Waals surface area contributed by atoms with Crippen LogP contribution in [0.1, 0.15) is 39.3 Å². The molecule has 0 spiro atoms. The van der Waals surface area contributed by atoms with E-state index in [1.165, 1.54) is 0 Å². The van der Waals surface area contributed by atoms with Crippen LogP contribution in [-0.4, -0.2) is 31.5 Å². The largest absolute Gasteiger partial charge is 0.357 e. The molecule has 0 radical (unpaired) electrons. The van der Waals surface area contributed by atoms with Gasteiger partial charge in [0, 0.05) is 24.0 Å². The van der Waals surface area contributed by atoms with E-state index in [1.54, 1.807) is 0 Å². The van der Waals surface area contributed by atoms with Crippen LogP contribution in [0, 0.1) is 5.92 Å². The van der Waals surface area contributed by atoms with Crippen LogP contribution in [0.2, 0.25) is 5.02 Å². The number of carbonyl (C=O) groups excluding carboxylic acids is 1. The number of halogens is 2. The molecule has 1 rings (SSSR count). The van der Waals surface area contributed by atoms with Crippen molar-refractivity contribution in [1.29, 1.82) is 0 Å². The van der Waals surface area contributed by atoms with Crippen molar-refractivity contribution in [1.82, 2.24) is 16.0 Å². The Morgan fingerprint density at radius 3 is 2.46 bits per heavy atom. The zero-order valence-corrected chi connectivity index (χ0v) is 17.8. The van der Waals surface area contributed by atoms with Gasteiger partial charge in [-0.3, -0.25) is 9.79 Å². The smallest absolute Gasteiger partial charge is 0.222 e. The molecule has 0 aliphatic rings. The summed E-state index contributed by atoms with van der Waals surface area (Å²) in [5.41, 5.74) is 1.02. The maximum absolute atomic E-state index is 11.5. The zero-order chi connectivity index (χ0) is 17.2. The van der Waals surface area contributed by atoms with Crippen LogP contribution in [0.5, 0.6) is 0 Å². The molecule has 5 nitrogen and oxygen atoms in total. The van der Waals surface area contributed by atoms with E-state index in [0.717, 1.165) is 17.1 Å². The molecule has 0 fully saturated rings. The second kappa shape index (κ2) is 12.4. The van der Waals surface area contributed by atoms with Crippen LogP contribution in [0.4, 0.5) is 0 Å². The third-order valence-corrected chi connectivity index (χ3v) is 3.62. The summed E-state index contributed by atoms with van der Waals surface area (Å²) in [6.45, 7) is 9.59. The van der Waals surface area contributed by atoms with Crippen molar-refractivity contribution in [2.24, 2.45) is 10.9 Å². The minimum absolute atomic E-state index is 0. The molecular weight excluding hydrogens is 439 g/mol. The molecule has 1 amide bonds. The summed E-state index contributed by atoms with van der Waals surface area (Å²) in [6, 6.07) is 7.78. The van der Waals surface area contributed by atoms with Crippen molar-refractivity contribution >= 4 is 47.4 Å². The lowest BCUT2D eigenvalue weighted by Gasteiger charge is -2.19. The Morgan fingerprint density at radius 2 is 1.88 bits per heavy atom. The van der Waals surface area contributed by atoms with Gasteiger partial charge in [-0.15, -0.1) is 24.0 Å². The zero-order valence-electron chi connectivity index (χ0n) is 14.7. The first-order valence-corrected chi connectivity index (χ1v) is 8.40. The summed E-state index contributed by atoms with van der Waals surface area (Å²) in [5.74, 6) is 0.742. The van der Waals surface area contributed by atoms with Gasteiger partial charge >= 0.3 is 0 Å². The summed E-state index contributed by atoms with van der Waals surface area (Å²) in [6.07, 6.45) is 0. The first-order valence-electron chi connectivity index (χ1n) is 8.02. The molecule has 1 atom stereocenters. The number of guanidine groups is 1. The Kier molecular flexibility index (Phi) is 11.8. The molecule has 0 aliphatic carbocycles. The molecule has 1 aromatic carbocycles. The number of amides is 1. The Hall–Kier alpha value is -1.02. The quantitative estimate of drug-likeness (QED) is 0.250. The molecule has 1 unspecified atom stereocenters. The summed E-state index contributed by atoms with van der Waals surface area (Å²) in [7, 11) is 0. The molecular formula is C17H28ClIN4O.